The van der Waals surface area contributed by atoms with Gasteiger partial charge in [-0.25, -0.2) is 9.38 Å². The second-order valence-corrected chi connectivity index (χ2v) is 7.82. The number of carbonyl (C=O) groups excluding carboxylic acids is 1. The fraction of sp³-hybridized carbons (Fsp3) is 0.476. The van der Waals surface area contributed by atoms with Crippen molar-refractivity contribution >= 4 is 22.7 Å². The quantitative estimate of drug-likeness (QED) is 0.550. The molecule has 8 nitrogen and oxygen atoms in total. The minimum absolute atomic E-state index is 0.0727. The zero-order valence-electron chi connectivity index (χ0n) is 17.7. The van der Waals surface area contributed by atoms with E-state index in [1.165, 1.54) is 6.20 Å². The lowest BCUT2D eigenvalue weighted by Gasteiger charge is -2.11. The first-order valence-electron chi connectivity index (χ1n) is 9.97. The van der Waals surface area contributed by atoms with Crippen LogP contribution < -0.4 is 10.9 Å². The number of nitrogens with zero attached hydrogens (tertiary/aromatic N) is 5. The van der Waals surface area contributed by atoms with Gasteiger partial charge in [0.05, 0.1) is 11.0 Å². The molecule has 3 rings (SSSR count). The van der Waals surface area contributed by atoms with Gasteiger partial charge in [0.15, 0.2) is 0 Å². The Balaban J connectivity index is 1.94. The monoisotopic (exact) mass is 398 g/mol. The Morgan fingerprint density at radius 3 is 2.38 bits per heavy atom. The maximum atomic E-state index is 13.2. The number of nitrogens with one attached hydrogen (secondary N) is 1. The number of rotatable bonds is 9. The maximum absolute atomic E-state index is 13.2. The van der Waals surface area contributed by atoms with Crippen LogP contribution in [-0.2, 0) is 6.54 Å². The molecule has 0 aliphatic heterocycles. The van der Waals surface area contributed by atoms with E-state index >= 15 is 0 Å². The molecule has 0 aliphatic carbocycles. The lowest BCUT2D eigenvalue weighted by molar-refractivity contribution is 0.0950. The summed E-state index contributed by atoms with van der Waals surface area (Å²) >= 11 is 0. The minimum atomic E-state index is -0.375. The van der Waals surface area contributed by atoms with Gasteiger partial charge in [-0.1, -0.05) is 12.1 Å². The molecule has 156 valence electrons. The number of fused-ring (bicyclic) bond motifs is 3. The van der Waals surface area contributed by atoms with Gasteiger partial charge in [0.2, 0.25) is 5.78 Å². The molecule has 0 saturated heterocycles. The van der Waals surface area contributed by atoms with Gasteiger partial charge in [0.1, 0.15) is 5.56 Å². The highest BCUT2D eigenvalue weighted by Gasteiger charge is 2.18. The Morgan fingerprint density at radius 1 is 1.03 bits per heavy atom. The number of benzene rings is 1. The smallest absolute Gasteiger partial charge is 0.272 e. The number of imidazole rings is 1. The minimum Gasteiger partial charge on any atom is -0.352 e. The highest BCUT2D eigenvalue weighted by atomic mass is 16.2. The molecule has 29 heavy (non-hydrogen) atoms. The molecule has 1 aromatic carbocycles. The van der Waals surface area contributed by atoms with Gasteiger partial charge in [-0.3, -0.25) is 9.59 Å². The van der Waals surface area contributed by atoms with Crippen LogP contribution in [0, 0.1) is 0 Å². The van der Waals surface area contributed by atoms with E-state index in [0.29, 0.717) is 12.3 Å². The van der Waals surface area contributed by atoms with Crippen LogP contribution in [0.5, 0.6) is 0 Å². The standard InChI is InChI=1S/C21H30N6O2/c1-24(2)12-7-11-22-19(28)16-15-23-21-26(14-8-13-25(3)4)17-9-5-6-10-18(17)27(21)20(16)29/h5-6,9-10,15H,7-8,11-14H2,1-4H3,(H,22,28). The van der Waals surface area contributed by atoms with Crippen LogP contribution in [0.4, 0.5) is 0 Å². The summed E-state index contributed by atoms with van der Waals surface area (Å²) in [6, 6.07) is 7.73. The van der Waals surface area contributed by atoms with E-state index in [1.807, 2.05) is 52.5 Å². The van der Waals surface area contributed by atoms with Gasteiger partial charge in [0, 0.05) is 19.3 Å². The number of hydrogen-bond acceptors (Lipinski definition) is 5. The van der Waals surface area contributed by atoms with Crippen LogP contribution >= 0.6 is 0 Å². The van der Waals surface area contributed by atoms with Crippen molar-refractivity contribution in [3.8, 4) is 0 Å². The molecule has 8 heteroatoms. The first kappa shape index (κ1) is 21.0. The number of carbonyl (C=O) groups is 1. The predicted octanol–water partition coefficient (Wildman–Crippen LogP) is 1.28. The van der Waals surface area contributed by atoms with Crippen molar-refractivity contribution in [2.45, 2.75) is 19.4 Å². The van der Waals surface area contributed by atoms with Crippen LogP contribution in [0.25, 0.3) is 16.8 Å². The highest BCUT2D eigenvalue weighted by Crippen LogP contribution is 2.18. The van der Waals surface area contributed by atoms with Crippen molar-refractivity contribution in [1.82, 2.24) is 29.1 Å². The average molecular weight is 399 g/mol. The van der Waals surface area contributed by atoms with Crippen molar-refractivity contribution in [1.29, 1.82) is 0 Å². The fourth-order valence-electron chi connectivity index (χ4n) is 3.46. The highest BCUT2D eigenvalue weighted by molar-refractivity contribution is 5.94. The summed E-state index contributed by atoms with van der Waals surface area (Å²) in [7, 11) is 8.05. The molecule has 0 aliphatic rings. The van der Waals surface area contributed by atoms with Gasteiger partial charge >= 0.3 is 0 Å². The van der Waals surface area contributed by atoms with Crippen LogP contribution in [0.15, 0.2) is 35.3 Å². The van der Waals surface area contributed by atoms with E-state index in [1.54, 1.807) is 4.40 Å². The topological polar surface area (TPSA) is 74.9 Å². The van der Waals surface area contributed by atoms with Crippen molar-refractivity contribution in [3.63, 3.8) is 0 Å². The number of aryl methyl sites for hydroxylation is 1. The van der Waals surface area contributed by atoms with E-state index in [-0.39, 0.29) is 17.0 Å². The van der Waals surface area contributed by atoms with Crippen molar-refractivity contribution in [2.24, 2.45) is 0 Å². The molecular weight excluding hydrogens is 368 g/mol. The second kappa shape index (κ2) is 9.19. The molecule has 2 heterocycles. The molecule has 0 saturated carbocycles. The molecular formula is C21H30N6O2. The largest absolute Gasteiger partial charge is 0.352 e. The van der Waals surface area contributed by atoms with E-state index in [0.717, 1.165) is 43.5 Å². The SMILES string of the molecule is CN(C)CCCNC(=O)c1cnc2n(CCCN(C)C)c3ccccc3n2c1=O. The van der Waals surface area contributed by atoms with E-state index in [9.17, 15) is 9.59 Å². The molecule has 1 amide bonds. The van der Waals surface area contributed by atoms with Crippen LogP contribution in [0.2, 0.25) is 0 Å². The van der Waals surface area contributed by atoms with Gasteiger partial charge in [-0.15, -0.1) is 0 Å². The second-order valence-electron chi connectivity index (χ2n) is 7.82. The Labute approximate surface area is 170 Å². The number of amides is 1. The van der Waals surface area contributed by atoms with Gasteiger partial charge < -0.3 is 19.7 Å². The van der Waals surface area contributed by atoms with Gasteiger partial charge in [0.25, 0.3) is 11.5 Å². The lowest BCUT2D eigenvalue weighted by Crippen LogP contribution is -2.33. The third-order valence-electron chi connectivity index (χ3n) is 4.90. The van der Waals surface area contributed by atoms with Crippen LogP contribution in [-0.4, -0.2) is 77.5 Å². The third-order valence-corrected chi connectivity index (χ3v) is 4.90. The zero-order chi connectivity index (χ0) is 21.0. The molecule has 0 fully saturated rings. The number of para-hydroxylation sites is 2. The summed E-state index contributed by atoms with van der Waals surface area (Å²) in [6.07, 6.45) is 3.16. The molecule has 0 bridgehead atoms. The molecule has 0 unspecified atom stereocenters. The summed E-state index contributed by atoms with van der Waals surface area (Å²) in [6.45, 7) is 3.08. The molecule has 3 aromatic rings. The summed E-state index contributed by atoms with van der Waals surface area (Å²) < 4.78 is 3.61. The Bertz CT molecular complexity index is 1050. The van der Waals surface area contributed by atoms with Crippen LogP contribution in [0.1, 0.15) is 23.2 Å². The predicted molar refractivity (Wildman–Crippen MR) is 116 cm³/mol. The zero-order valence-corrected chi connectivity index (χ0v) is 17.7. The number of aromatic nitrogens is 3. The van der Waals surface area contributed by atoms with Crippen molar-refractivity contribution < 1.29 is 4.79 Å². The first-order valence-corrected chi connectivity index (χ1v) is 9.97. The average Bonchev–Trinajstić information content (AvgIpc) is 3.00. The molecule has 0 atom stereocenters. The first-order chi connectivity index (χ1) is 13.9. The van der Waals surface area contributed by atoms with Gasteiger partial charge in [-0.2, -0.15) is 0 Å². The summed E-state index contributed by atoms with van der Waals surface area (Å²) in [4.78, 5) is 34.4. The van der Waals surface area contributed by atoms with E-state index in [4.69, 9.17) is 0 Å². The molecule has 1 N–H and O–H groups in total. The van der Waals surface area contributed by atoms with Crippen molar-refractivity contribution in [3.05, 3.63) is 46.4 Å². The summed E-state index contributed by atoms with van der Waals surface area (Å²) in [5.74, 6) is 0.194. The molecule has 0 radical (unpaired) electrons. The van der Waals surface area contributed by atoms with Gasteiger partial charge in [-0.05, 0) is 66.3 Å². The van der Waals surface area contributed by atoms with E-state index < -0.39 is 0 Å². The Morgan fingerprint density at radius 2 is 1.69 bits per heavy atom. The molecule has 2 aromatic heterocycles. The summed E-state index contributed by atoms with van der Waals surface area (Å²) in [5, 5.41) is 2.83. The van der Waals surface area contributed by atoms with E-state index in [2.05, 4.69) is 24.7 Å². The van der Waals surface area contributed by atoms with Crippen molar-refractivity contribution in [2.75, 3.05) is 47.8 Å². The van der Waals surface area contributed by atoms with Crippen LogP contribution in [0.3, 0.4) is 0 Å². The maximum Gasteiger partial charge on any atom is 0.272 e. The normalized spacial score (nSPS) is 11.8. The lowest BCUT2D eigenvalue weighted by atomic mass is 10.3. The third kappa shape index (κ3) is 4.65. The Hall–Kier alpha value is -2.71. The number of hydrogen-bond donors (Lipinski definition) is 1. The fourth-order valence-corrected chi connectivity index (χ4v) is 3.46. The Kier molecular flexibility index (Phi) is 6.66. The summed E-state index contributed by atoms with van der Waals surface area (Å²) in [5.41, 5.74) is 1.46. The molecule has 0 spiro atoms.